The average molecular weight is 267 g/mol. The number of rotatable bonds is 3. The van der Waals surface area contributed by atoms with E-state index in [9.17, 15) is 0 Å². The van der Waals surface area contributed by atoms with Crippen molar-refractivity contribution >= 4 is 35.3 Å². The summed E-state index contributed by atoms with van der Waals surface area (Å²) in [5, 5.41) is 27.4. The third kappa shape index (κ3) is 106. The number of carbonyl (C=O) groups excluding carboxylic acids is 3. The molecule has 0 atom stereocenters. The van der Waals surface area contributed by atoms with Gasteiger partial charge in [0, 0.05) is 19.6 Å². The van der Waals surface area contributed by atoms with Crippen LogP contribution in [0.25, 0.3) is 0 Å². The number of hydrogen-bond acceptors (Lipinski definition) is 9. The molecule has 98 valence electrons. The largest absolute Gasteiger partial charge is 3.00 e. The van der Waals surface area contributed by atoms with Crippen molar-refractivity contribution in [3.63, 3.8) is 0 Å². The summed E-state index contributed by atoms with van der Waals surface area (Å²) in [5.74, 6) is -3.65. The van der Waals surface area contributed by atoms with Crippen LogP contribution in [0.3, 0.4) is 0 Å². The molecule has 17 heavy (non-hydrogen) atoms. The maximum atomic E-state index is 9.13. The molecule has 0 aliphatic rings. The van der Waals surface area contributed by atoms with Gasteiger partial charge in [-0.25, -0.2) is 0 Å². The van der Waals surface area contributed by atoms with Gasteiger partial charge in [-0.1, -0.05) is 0 Å². The molecule has 0 fully saturated rings. The summed E-state index contributed by atoms with van der Waals surface area (Å²) < 4.78 is 0. The molecule has 0 aromatic rings. The van der Waals surface area contributed by atoms with Crippen molar-refractivity contribution in [2.24, 2.45) is 17.2 Å². The van der Waals surface area contributed by atoms with Gasteiger partial charge in [0.1, 0.15) is 0 Å². The summed E-state index contributed by atoms with van der Waals surface area (Å²) in [6, 6.07) is 0. The number of hydrogen-bond donors (Lipinski definition) is 3. The second-order valence-electron chi connectivity index (χ2n) is 1.73. The first-order valence-corrected chi connectivity index (χ1v) is 3.51. The monoisotopic (exact) mass is 267 g/mol. The van der Waals surface area contributed by atoms with E-state index in [1.807, 2.05) is 0 Å². The van der Waals surface area contributed by atoms with Gasteiger partial charge >= 0.3 is 17.4 Å². The van der Waals surface area contributed by atoms with Gasteiger partial charge in [-0.2, -0.15) is 0 Å². The smallest absolute Gasteiger partial charge is 0.549 e. The van der Waals surface area contributed by atoms with Gasteiger partial charge in [-0.3, -0.25) is 0 Å². The molecule has 0 aliphatic carbocycles. The molecule has 0 amide bonds. The number of carbonyl (C=O) groups is 3. The van der Waals surface area contributed by atoms with Gasteiger partial charge in [-0.15, -0.1) is 0 Å². The minimum absolute atomic E-state index is 0. The maximum absolute atomic E-state index is 9.13. The van der Waals surface area contributed by atoms with E-state index in [-0.39, 0.29) is 42.5 Å². The van der Waals surface area contributed by atoms with Crippen LogP contribution >= 0.6 is 0 Å². The van der Waals surface area contributed by atoms with Crippen molar-refractivity contribution in [2.45, 2.75) is 0 Å². The third-order valence-corrected chi connectivity index (χ3v) is 0.500. The van der Waals surface area contributed by atoms with Gasteiger partial charge in [0.25, 0.3) is 0 Å². The molecule has 8 N–H and O–H groups in total. The first-order valence-electron chi connectivity index (χ1n) is 3.51. The molecular weight excluding hydrogens is 253 g/mol. The predicted octanol–water partition coefficient (Wildman–Crippen LogP) is -8.12. The molecular formula is C6H14AlN3O7. The Bertz CT molecular complexity index is 169. The second kappa shape index (κ2) is 24.2. The Morgan fingerprint density at radius 3 is 0.765 bits per heavy atom. The zero-order valence-corrected chi connectivity index (χ0v) is 10.0. The van der Waals surface area contributed by atoms with Crippen molar-refractivity contribution in [1.82, 2.24) is 0 Å². The minimum atomic E-state index is -1.22. The van der Waals surface area contributed by atoms with Gasteiger partial charge in [-0.05, 0) is 0 Å². The molecule has 0 bridgehead atoms. The van der Waals surface area contributed by atoms with E-state index in [4.69, 9.17) is 29.7 Å². The summed E-state index contributed by atoms with van der Waals surface area (Å²) in [7, 11) is 0. The third-order valence-electron chi connectivity index (χ3n) is 0.500. The summed E-state index contributed by atoms with van der Waals surface area (Å²) in [6.45, 7) is -1.17. The molecule has 0 aromatic carbocycles. The molecule has 0 spiro atoms. The van der Waals surface area contributed by atoms with Crippen LogP contribution in [0.2, 0.25) is 0 Å². The maximum Gasteiger partial charge on any atom is 3.00 e. The van der Waals surface area contributed by atoms with Crippen molar-refractivity contribution in [2.75, 3.05) is 19.6 Å². The zero-order valence-electron chi connectivity index (χ0n) is 8.88. The van der Waals surface area contributed by atoms with Crippen molar-refractivity contribution < 1.29 is 35.2 Å². The summed E-state index contributed by atoms with van der Waals surface area (Å²) in [6.07, 6.45) is 0. The van der Waals surface area contributed by atoms with E-state index in [1.54, 1.807) is 0 Å². The molecule has 10 nitrogen and oxygen atoms in total. The number of nitrogens with two attached hydrogens (primary N) is 3. The predicted molar refractivity (Wildman–Crippen MR) is 51.6 cm³/mol. The fraction of sp³-hybridized carbons (Fsp3) is 0.500. The van der Waals surface area contributed by atoms with Gasteiger partial charge in [0.15, 0.2) is 0 Å². The molecule has 0 aliphatic heterocycles. The Kier molecular flexibility index (Phi) is 42.1. The van der Waals surface area contributed by atoms with E-state index in [0.717, 1.165) is 0 Å². The van der Waals surface area contributed by atoms with Crippen molar-refractivity contribution in [3.05, 3.63) is 0 Å². The molecule has 0 saturated carbocycles. The number of carboxylic acids is 3. The standard InChI is InChI=1S/3C2H5NO2.Al.H2O/c3*3-1-2(4)5;;/h3*1,3H2,(H,4,5);;1H2/q;;;+3;/p-3. The molecule has 0 radical (unpaired) electrons. The Labute approximate surface area is 108 Å². The van der Waals surface area contributed by atoms with Crippen LogP contribution in [0.5, 0.6) is 0 Å². The quantitative estimate of drug-likeness (QED) is 0.411. The molecule has 0 saturated heterocycles. The van der Waals surface area contributed by atoms with Crippen LogP contribution in [-0.2, 0) is 14.4 Å². The molecule has 0 aromatic heterocycles. The van der Waals surface area contributed by atoms with Gasteiger partial charge in [0.05, 0.1) is 17.9 Å². The van der Waals surface area contributed by atoms with Gasteiger partial charge in [0.2, 0.25) is 0 Å². The van der Waals surface area contributed by atoms with E-state index in [1.165, 1.54) is 0 Å². The molecule has 0 unspecified atom stereocenters. The minimum Gasteiger partial charge on any atom is -0.549 e. The Morgan fingerprint density at radius 2 is 0.765 bits per heavy atom. The van der Waals surface area contributed by atoms with Gasteiger partial charge < -0.3 is 52.4 Å². The first-order chi connectivity index (χ1) is 6.81. The van der Waals surface area contributed by atoms with Crippen molar-refractivity contribution in [1.29, 1.82) is 0 Å². The summed E-state index contributed by atoms with van der Waals surface area (Å²) in [4.78, 5) is 27.4. The molecule has 0 rings (SSSR count). The van der Waals surface area contributed by atoms with E-state index >= 15 is 0 Å². The fourth-order valence-corrected chi connectivity index (χ4v) is 0. The normalized spacial score (nSPS) is 6.53. The van der Waals surface area contributed by atoms with Crippen LogP contribution < -0.4 is 32.5 Å². The topological polar surface area (TPSA) is 230 Å². The summed E-state index contributed by atoms with van der Waals surface area (Å²) >= 11 is 0. The summed E-state index contributed by atoms with van der Waals surface area (Å²) in [5.41, 5.74) is 13.5. The fourth-order valence-electron chi connectivity index (χ4n) is 0. The first kappa shape index (κ1) is 29.7. The van der Waals surface area contributed by atoms with Crippen LogP contribution in [0, 0.1) is 0 Å². The molecule has 11 heteroatoms. The van der Waals surface area contributed by atoms with E-state index < -0.39 is 17.9 Å². The van der Waals surface area contributed by atoms with Crippen molar-refractivity contribution in [3.8, 4) is 0 Å². The van der Waals surface area contributed by atoms with Crippen LogP contribution in [-0.4, -0.2) is 60.4 Å². The second-order valence-corrected chi connectivity index (χ2v) is 1.73. The Balaban J connectivity index is -0.0000000400. The van der Waals surface area contributed by atoms with Crippen LogP contribution in [0.15, 0.2) is 0 Å². The Hall–Kier alpha value is -1.22. The average Bonchev–Trinajstić information content (AvgIpc) is 2.19. The zero-order chi connectivity index (χ0) is 12.9. The van der Waals surface area contributed by atoms with E-state index in [0.29, 0.717) is 0 Å². The SMILES string of the molecule is NCC(=O)[O-].NCC(=O)[O-].NCC(=O)[O-].O.[Al+3]. The number of carboxylic acid groups (broad SMARTS) is 3. The number of aliphatic carboxylic acids is 3. The van der Waals surface area contributed by atoms with E-state index in [2.05, 4.69) is 17.2 Å². The molecule has 0 heterocycles. The van der Waals surface area contributed by atoms with Crippen LogP contribution in [0.1, 0.15) is 0 Å². The Morgan fingerprint density at radius 1 is 0.706 bits per heavy atom. The van der Waals surface area contributed by atoms with Crippen LogP contribution in [0.4, 0.5) is 0 Å².